The summed E-state index contributed by atoms with van der Waals surface area (Å²) in [6, 6.07) is 6.13. The fraction of sp³-hybridized carbons (Fsp3) is 0.732. The van der Waals surface area contributed by atoms with Crippen LogP contribution in [-0.2, 0) is 30.3 Å². The molecule has 0 aliphatic carbocycles. The van der Waals surface area contributed by atoms with Gasteiger partial charge in [-0.25, -0.2) is 18.4 Å². The van der Waals surface area contributed by atoms with Crippen molar-refractivity contribution in [3.05, 3.63) is 42.0 Å². The molecule has 292 valence electrons. The van der Waals surface area contributed by atoms with Crippen LogP contribution in [0.3, 0.4) is 0 Å². The summed E-state index contributed by atoms with van der Waals surface area (Å²) in [5.74, 6) is -5.63. The SMILES string of the molecule is CCCCCCCC(F)(F)CCCCCC/C=C/[C@H](C(=O)NC(Cc1ccc(OCCCC)cc1)C(=O)OC)[C@@](O)(CCC)C(=O)OC(C)(C)C. The molecule has 0 aliphatic rings. The molecule has 2 N–H and O–H groups in total. The molecule has 0 aromatic heterocycles. The number of hydrogen-bond donors (Lipinski definition) is 2. The fourth-order valence-corrected chi connectivity index (χ4v) is 5.83. The summed E-state index contributed by atoms with van der Waals surface area (Å²) < 4.78 is 44.9. The summed E-state index contributed by atoms with van der Waals surface area (Å²) in [5, 5.41) is 14.6. The molecule has 1 unspecified atom stereocenters. The molecule has 51 heavy (non-hydrogen) atoms. The Morgan fingerprint density at radius 1 is 0.824 bits per heavy atom. The lowest BCUT2D eigenvalue weighted by molar-refractivity contribution is -0.184. The summed E-state index contributed by atoms with van der Waals surface area (Å²) in [6.07, 6.45) is 13.1. The number of unbranched alkanes of at least 4 members (excludes halogenated alkanes) is 9. The molecule has 1 aromatic carbocycles. The molecule has 1 amide bonds. The monoisotopic (exact) mass is 723 g/mol. The zero-order valence-electron chi connectivity index (χ0n) is 32.5. The number of benzene rings is 1. The summed E-state index contributed by atoms with van der Waals surface area (Å²) in [5.41, 5.74) is -2.37. The number of alkyl halides is 2. The smallest absolute Gasteiger partial charge is 0.339 e. The summed E-state index contributed by atoms with van der Waals surface area (Å²) in [4.78, 5) is 40.3. The normalized spacial score (nSPS) is 14.5. The first-order chi connectivity index (χ1) is 24.1. The molecule has 0 bridgehead atoms. The summed E-state index contributed by atoms with van der Waals surface area (Å²) in [7, 11) is 1.23. The van der Waals surface area contributed by atoms with Gasteiger partial charge in [-0.05, 0) is 77.0 Å². The van der Waals surface area contributed by atoms with E-state index in [-0.39, 0.29) is 25.7 Å². The Labute approximate surface area is 306 Å². The molecular weight excluding hydrogens is 656 g/mol. The molecule has 1 rings (SSSR count). The highest BCUT2D eigenvalue weighted by Crippen LogP contribution is 2.31. The van der Waals surface area contributed by atoms with Crippen molar-refractivity contribution in [2.45, 2.75) is 174 Å². The third-order valence-corrected chi connectivity index (χ3v) is 8.75. The van der Waals surface area contributed by atoms with Crippen LogP contribution >= 0.6 is 0 Å². The lowest BCUT2D eigenvalue weighted by Crippen LogP contribution is -2.56. The Morgan fingerprint density at radius 2 is 1.41 bits per heavy atom. The van der Waals surface area contributed by atoms with Gasteiger partial charge >= 0.3 is 11.9 Å². The molecule has 0 fully saturated rings. The summed E-state index contributed by atoms with van der Waals surface area (Å²) in [6.45, 7) is 11.6. The average Bonchev–Trinajstić information content (AvgIpc) is 3.06. The Kier molecular flexibility index (Phi) is 21.9. The van der Waals surface area contributed by atoms with Gasteiger partial charge in [-0.1, -0.05) is 96.4 Å². The number of hydrogen-bond acceptors (Lipinski definition) is 7. The quantitative estimate of drug-likeness (QED) is 0.0529. The highest BCUT2D eigenvalue weighted by Gasteiger charge is 2.49. The lowest BCUT2D eigenvalue weighted by atomic mass is 9.81. The van der Waals surface area contributed by atoms with Crippen molar-refractivity contribution in [2.75, 3.05) is 13.7 Å². The molecule has 10 heteroatoms. The third kappa shape index (κ3) is 18.9. The van der Waals surface area contributed by atoms with Crippen LogP contribution in [0, 0.1) is 5.92 Å². The van der Waals surface area contributed by atoms with E-state index in [1.54, 1.807) is 45.9 Å². The minimum atomic E-state index is -2.63. The van der Waals surface area contributed by atoms with Gasteiger partial charge < -0.3 is 24.6 Å². The van der Waals surface area contributed by atoms with E-state index in [2.05, 4.69) is 19.2 Å². The predicted octanol–water partition coefficient (Wildman–Crippen LogP) is 9.45. The Balaban J connectivity index is 3.04. The minimum absolute atomic E-state index is 0.0560. The standard InChI is InChI=1S/C41H67F2NO7/c1-8-11-13-17-20-28-40(42,43)29-21-18-15-14-16-19-22-34(41(48,27-10-3)38(47)51-39(4,5)6)36(45)44-35(37(46)49-7)31-32-23-25-33(26-24-32)50-30-12-9-2/h19,22-26,34-35,48H,8-18,20-21,27-31H2,1-7H3,(H,44,45)/b22-19+/t34-,35?,41+/m1/s1. The number of carbonyl (C=O) groups is 3. The summed E-state index contributed by atoms with van der Waals surface area (Å²) >= 11 is 0. The van der Waals surface area contributed by atoms with Gasteiger partial charge in [0.05, 0.1) is 19.6 Å². The van der Waals surface area contributed by atoms with Crippen LogP contribution in [-0.4, -0.2) is 59.8 Å². The molecule has 0 saturated carbocycles. The van der Waals surface area contributed by atoms with Crippen molar-refractivity contribution in [1.82, 2.24) is 5.32 Å². The van der Waals surface area contributed by atoms with Gasteiger partial charge in [0.2, 0.25) is 11.8 Å². The number of carbonyl (C=O) groups excluding carboxylic acids is 3. The van der Waals surface area contributed by atoms with E-state index < -0.39 is 46.9 Å². The van der Waals surface area contributed by atoms with Crippen molar-refractivity contribution in [1.29, 1.82) is 0 Å². The molecule has 1 aromatic rings. The number of methoxy groups -OCH3 is 1. The van der Waals surface area contributed by atoms with Crippen LogP contribution in [0.25, 0.3) is 0 Å². The molecule has 0 heterocycles. The van der Waals surface area contributed by atoms with E-state index in [0.717, 1.165) is 50.5 Å². The number of rotatable bonds is 27. The fourth-order valence-electron chi connectivity index (χ4n) is 5.83. The third-order valence-electron chi connectivity index (χ3n) is 8.75. The topological polar surface area (TPSA) is 111 Å². The second kappa shape index (κ2) is 24.3. The van der Waals surface area contributed by atoms with Crippen molar-refractivity contribution in [3.8, 4) is 5.75 Å². The number of halogens is 2. The van der Waals surface area contributed by atoms with Gasteiger partial charge in [-0.2, -0.15) is 0 Å². The van der Waals surface area contributed by atoms with Crippen LogP contribution in [0.2, 0.25) is 0 Å². The minimum Gasteiger partial charge on any atom is -0.494 e. The van der Waals surface area contributed by atoms with Gasteiger partial charge in [-0.3, -0.25) is 4.79 Å². The average molecular weight is 724 g/mol. The van der Waals surface area contributed by atoms with Crippen molar-refractivity contribution in [3.63, 3.8) is 0 Å². The van der Waals surface area contributed by atoms with E-state index in [1.807, 2.05) is 12.1 Å². The number of amides is 1. The molecule has 3 atom stereocenters. The van der Waals surface area contributed by atoms with Gasteiger partial charge in [0.15, 0.2) is 5.60 Å². The Hall–Kier alpha value is -3.01. The number of aliphatic hydroxyl groups is 1. The number of ether oxygens (including phenoxy) is 3. The van der Waals surface area contributed by atoms with Crippen LogP contribution in [0.15, 0.2) is 36.4 Å². The van der Waals surface area contributed by atoms with Gasteiger partial charge in [0.25, 0.3) is 0 Å². The van der Waals surface area contributed by atoms with Crippen LogP contribution in [0.5, 0.6) is 5.75 Å². The Morgan fingerprint density at radius 3 is 1.96 bits per heavy atom. The van der Waals surface area contributed by atoms with Crippen LogP contribution in [0.4, 0.5) is 8.78 Å². The van der Waals surface area contributed by atoms with Crippen molar-refractivity contribution >= 4 is 17.8 Å². The van der Waals surface area contributed by atoms with E-state index >= 15 is 0 Å². The maximum Gasteiger partial charge on any atom is 0.339 e. The molecule has 0 saturated heterocycles. The van der Waals surface area contributed by atoms with Crippen LogP contribution in [0.1, 0.15) is 150 Å². The van der Waals surface area contributed by atoms with Crippen molar-refractivity contribution in [2.24, 2.45) is 5.92 Å². The molecular formula is C41H67F2NO7. The number of allylic oxidation sites excluding steroid dienone is 1. The van der Waals surface area contributed by atoms with Gasteiger partial charge in [-0.15, -0.1) is 0 Å². The second-order valence-corrected chi connectivity index (χ2v) is 14.7. The molecule has 0 aliphatic heterocycles. The maximum atomic E-state index is 14.3. The van der Waals surface area contributed by atoms with Crippen LogP contribution < -0.4 is 10.1 Å². The molecule has 8 nitrogen and oxygen atoms in total. The van der Waals surface area contributed by atoms with Gasteiger partial charge in [0.1, 0.15) is 17.4 Å². The van der Waals surface area contributed by atoms with E-state index in [9.17, 15) is 28.3 Å². The lowest BCUT2D eigenvalue weighted by Gasteiger charge is -2.34. The zero-order chi connectivity index (χ0) is 38.3. The number of nitrogens with one attached hydrogen (secondary N) is 1. The highest BCUT2D eigenvalue weighted by atomic mass is 19.3. The second-order valence-electron chi connectivity index (χ2n) is 14.7. The Bertz CT molecular complexity index is 1170. The van der Waals surface area contributed by atoms with Gasteiger partial charge in [0, 0.05) is 19.3 Å². The van der Waals surface area contributed by atoms with Crippen molar-refractivity contribution < 1.29 is 42.5 Å². The van der Waals surface area contributed by atoms with E-state index in [1.165, 1.54) is 13.2 Å². The predicted molar refractivity (Wildman–Crippen MR) is 199 cm³/mol. The van der Waals surface area contributed by atoms with E-state index in [0.29, 0.717) is 50.9 Å². The van der Waals surface area contributed by atoms with E-state index in [4.69, 9.17) is 14.2 Å². The first kappa shape index (κ1) is 46.0. The highest BCUT2D eigenvalue weighted by molar-refractivity contribution is 5.93. The zero-order valence-corrected chi connectivity index (χ0v) is 32.5. The molecule has 0 spiro atoms. The first-order valence-electron chi connectivity index (χ1n) is 19.2. The largest absolute Gasteiger partial charge is 0.494 e. The molecule has 0 radical (unpaired) electrons. The first-order valence-corrected chi connectivity index (χ1v) is 19.2. The maximum absolute atomic E-state index is 14.3. The number of esters is 2.